The van der Waals surface area contributed by atoms with E-state index in [0.717, 1.165) is 6.42 Å². The smallest absolute Gasteiger partial charge is 0.0411 e. The quantitative estimate of drug-likeness (QED) is 0.723. The van der Waals surface area contributed by atoms with E-state index in [-0.39, 0.29) is 11.6 Å². The van der Waals surface area contributed by atoms with E-state index in [2.05, 4.69) is 38.7 Å². The van der Waals surface area contributed by atoms with Crippen LogP contribution in [-0.4, -0.2) is 29.6 Å². The standard InChI is InChI=1S/C13H26N2/c1-5-13(4,12(14)10-11(2)3)15-8-6-7-9-15/h10,12H,5-9,14H2,1-4H3. The topological polar surface area (TPSA) is 29.3 Å². The highest BCUT2D eigenvalue weighted by Gasteiger charge is 2.36. The zero-order valence-electron chi connectivity index (χ0n) is 10.7. The Morgan fingerprint density at radius 2 is 1.93 bits per heavy atom. The third kappa shape index (κ3) is 2.82. The van der Waals surface area contributed by atoms with Crippen molar-refractivity contribution < 1.29 is 0 Å². The van der Waals surface area contributed by atoms with E-state index in [1.54, 1.807) is 0 Å². The van der Waals surface area contributed by atoms with Crippen molar-refractivity contribution in [3.8, 4) is 0 Å². The van der Waals surface area contributed by atoms with Crippen LogP contribution in [0, 0.1) is 0 Å². The van der Waals surface area contributed by atoms with E-state index in [1.807, 2.05) is 0 Å². The van der Waals surface area contributed by atoms with E-state index < -0.39 is 0 Å². The molecule has 1 rings (SSSR count). The molecule has 2 unspecified atom stereocenters. The first-order valence-electron chi connectivity index (χ1n) is 6.16. The average Bonchev–Trinajstić information content (AvgIpc) is 2.68. The lowest BCUT2D eigenvalue weighted by Crippen LogP contribution is -2.56. The highest BCUT2D eigenvalue weighted by molar-refractivity contribution is 5.10. The molecule has 0 spiro atoms. The van der Waals surface area contributed by atoms with Crippen LogP contribution >= 0.6 is 0 Å². The van der Waals surface area contributed by atoms with Gasteiger partial charge in [0.25, 0.3) is 0 Å². The third-order valence-electron chi connectivity index (χ3n) is 3.78. The van der Waals surface area contributed by atoms with Crippen LogP contribution < -0.4 is 5.73 Å². The number of hydrogen-bond donors (Lipinski definition) is 1. The molecule has 0 bridgehead atoms. The molecule has 2 heteroatoms. The molecule has 1 aliphatic rings. The summed E-state index contributed by atoms with van der Waals surface area (Å²) in [4.78, 5) is 2.57. The molecule has 0 amide bonds. The lowest BCUT2D eigenvalue weighted by atomic mass is 9.87. The third-order valence-corrected chi connectivity index (χ3v) is 3.78. The zero-order valence-corrected chi connectivity index (χ0v) is 10.7. The number of hydrogen-bond acceptors (Lipinski definition) is 2. The molecule has 1 saturated heterocycles. The summed E-state index contributed by atoms with van der Waals surface area (Å²) >= 11 is 0. The molecule has 0 radical (unpaired) electrons. The highest BCUT2D eigenvalue weighted by Crippen LogP contribution is 2.27. The molecule has 0 aromatic heterocycles. The van der Waals surface area contributed by atoms with Crippen molar-refractivity contribution in [1.29, 1.82) is 0 Å². The number of likely N-dealkylation sites (tertiary alicyclic amines) is 1. The maximum Gasteiger partial charge on any atom is 0.0411 e. The molecule has 1 fully saturated rings. The Morgan fingerprint density at radius 3 is 2.33 bits per heavy atom. The van der Waals surface area contributed by atoms with Crippen LogP contribution in [0.4, 0.5) is 0 Å². The Hall–Kier alpha value is -0.340. The molecule has 2 atom stereocenters. The molecule has 88 valence electrons. The lowest BCUT2D eigenvalue weighted by Gasteiger charge is -2.42. The fourth-order valence-corrected chi connectivity index (χ4v) is 2.44. The SMILES string of the molecule is CCC(C)(C(N)C=C(C)C)N1CCCC1. The van der Waals surface area contributed by atoms with Gasteiger partial charge in [0, 0.05) is 11.6 Å². The summed E-state index contributed by atoms with van der Waals surface area (Å²) in [6.07, 6.45) is 5.99. The molecule has 0 aromatic rings. The number of nitrogens with zero attached hydrogens (tertiary/aromatic N) is 1. The van der Waals surface area contributed by atoms with Gasteiger partial charge in [-0.2, -0.15) is 0 Å². The summed E-state index contributed by atoms with van der Waals surface area (Å²) in [5, 5.41) is 0. The second-order valence-electron chi connectivity index (χ2n) is 5.17. The summed E-state index contributed by atoms with van der Waals surface area (Å²) in [7, 11) is 0. The van der Waals surface area contributed by atoms with Gasteiger partial charge in [0.05, 0.1) is 0 Å². The lowest BCUT2D eigenvalue weighted by molar-refractivity contribution is 0.115. The summed E-state index contributed by atoms with van der Waals surface area (Å²) in [6, 6.07) is 0.158. The van der Waals surface area contributed by atoms with Crippen molar-refractivity contribution in [2.75, 3.05) is 13.1 Å². The van der Waals surface area contributed by atoms with Crippen LogP contribution in [0.25, 0.3) is 0 Å². The van der Waals surface area contributed by atoms with Crippen molar-refractivity contribution >= 4 is 0 Å². The minimum atomic E-state index is 0.147. The second kappa shape index (κ2) is 5.13. The summed E-state index contributed by atoms with van der Waals surface area (Å²) < 4.78 is 0. The highest BCUT2D eigenvalue weighted by atomic mass is 15.2. The fourth-order valence-electron chi connectivity index (χ4n) is 2.44. The Bertz CT molecular complexity index is 225. The van der Waals surface area contributed by atoms with Crippen LogP contribution in [0.3, 0.4) is 0 Å². The van der Waals surface area contributed by atoms with Crippen molar-refractivity contribution in [3.63, 3.8) is 0 Å². The average molecular weight is 210 g/mol. The van der Waals surface area contributed by atoms with Crippen LogP contribution in [0.5, 0.6) is 0 Å². The molecule has 2 nitrogen and oxygen atoms in total. The molecule has 1 aliphatic heterocycles. The normalized spacial score (nSPS) is 23.5. The van der Waals surface area contributed by atoms with Crippen molar-refractivity contribution in [2.45, 2.75) is 58.5 Å². The second-order valence-corrected chi connectivity index (χ2v) is 5.17. The number of allylic oxidation sites excluding steroid dienone is 1. The van der Waals surface area contributed by atoms with Gasteiger partial charge in [-0.05, 0) is 53.1 Å². The molecule has 2 N–H and O–H groups in total. The van der Waals surface area contributed by atoms with Gasteiger partial charge in [0.2, 0.25) is 0 Å². The van der Waals surface area contributed by atoms with E-state index in [9.17, 15) is 0 Å². The molecule has 0 aliphatic carbocycles. The summed E-state index contributed by atoms with van der Waals surface area (Å²) in [5.41, 5.74) is 7.79. The Balaban J connectivity index is 2.78. The van der Waals surface area contributed by atoms with E-state index in [1.165, 1.54) is 31.5 Å². The molecule has 15 heavy (non-hydrogen) atoms. The van der Waals surface area contributed by atoms with Gasteiger partial charge in [-0.3, -0.25) is 4.90 Å². The first kappa shape index (κ1) is 12.7. The predicted octanol–water partition coefficient (Wildman–Crippen LogP) is 2.54. The molecule has 0 saturated carbocycles. The van der Waals surface area contributed by atoms with Crippen LogP contribution in [0.1, 0.15) is 47.0 Å². The van der Waals surface area contributed by atoms with Gasteiger partial charge in [-0.15, -0.1) is 0 Å². The number of rotatable bonds is 4. The Kier molecular flexibility index (Phi) is 4.35. The fraction of sp³-hybridized carbons (Fsp3) is 0.846. The predicted molar refractivity (Wildman–Crippen MR) is 66.9 cm³/mol. The Labute approximate surface area is 94.5 Å². The van der Waals surface area contributed by atoms with E-state index >= 15 is 0 Å². The van der Waals surface area contributed by atoms with Crippen LogP contribution in [0.15, 0.2) is 11.6 Å². The van der Waals surface area contributed by atoms with E-state index in [0.29, 0.717) is 0 Å². The minimum Gasteiger partial charge on any atom is -0.323 e. The summed E-state index contributed by atoms with van der Waals surface area (Å²) in [5.74, 6) is 0. The molecular weight excluding hydrogens is 184 g/mol. The monoisotopic (exact) mass is 210 g/mol. The van der Waals surface area contributed by atoms with Gasteiger partial charge in [0.1, 0.15) is 0 Å². The van der Waals surface area contributed by atoms with Crippen molar-refractivity contribution in [1.82, 2.24) is 4.90 Å². The van der Waals surface area contributed by atoms with E-state index in [4.69, 9.17) is 5.73 Å². The van der Waals surface area contributed by atoms with Crippen LogP contribution in [0.2, 0.25) is 0 Å². The first-order chi connectivity index (χ1) is 7.00. The maximum atomic E-state index is 6.33. The van der Waals surface area contributed by atoms with Gasteiger partial charge < -0.3 is 5.73 Å². The number of nitrogens with two attached hydrogens (primary N) is 1. The minimum absolute atomic E-state index is 0.147. The van der Waals surface area contributed by atoms with Gasteiger partial charge >= 0.3 is 0 Å². The maximum absolute atomic E-state index is 6.33. The van der Waals surface area contributed by atoms with Gasteiger partial charge in [0.15, 0.2) is 0 Å². The van der Waals surface area contributed by atoms with Gasteiger partial charge in [-0.1, -0.05) is 18.6 Å². The molecule has 1 heterocycles. The molecular formula is C13H26N2. The van der Waals surface area contributed by atoms with Crippen molar-refractivity contribution in [3.05, 3.63) is 11.6 Å². The first-order valence-corrected chi connectivity index (χ1v) is 6.16. The van der Waals surface area contributed by atoms with Gasteiger partial charge in [-0.25, -0.2) is 0 Å². The molecule has 0 aromatic carbocycles. The van der Waals surface area contributed by atoms with Crippen LogP contribution in [-0.2, 0) is 0 Å². The summed E-state index contributed by atoms with van der Waals surface area (Å²) in [6.45, 7) is 11.2. The zero-order chi connectivity index (χ0) is 11.5. The van der Waals surface area contributed by atoms with Crippen molar-refractivity contribution in [2.24, 2.45) is 5.73 Å². The Morgan fingerprint density at radius 1 is 1.40 bits per heavy atom. The largest absolute Gasteiger partial charge is 0.323 e.